The molecule has 18 heavy (non-hydrogen) atoms. The summed E-state index contributed by atoms with van der Waals surface area (Å²) in [4.78, 5) is 0. The molecule has 0 aliphatic heterocycles. The number of nitrogen functional groups attached to an aromatic ring is 1. The lowest BCUT2D eigenvalue weighted by Gasteiger charge is -2.10. The van der Waals surface area contributed by atoms with Gasteiger partial charge in [0.25, 0.3) is 0 Å². The second kappa shape index (κ2) is 4.89. The third kappa shape index (κ3) is 2.59. The van der Waals surface area contributed by atoms with E-state index in [1.807, 2.05) is 0 Å². The van der Waals surface area contributed by atoms with Crippen molar-refractivity contribution in [3.05, 3.63) is 52.3 Å². The molecular weight excluding hydrogens is 309 g/mol. The molecule has 0 aliphatic rings. The predicted molar refractivity (Wildman–Crippen MR) is 68.2 cm³/mol. The molecular formula is C12H8BrF3N2. The summed E-state index contributed by atoms with van der Waals surface area (Å²) >= 11 is 3.02. The van der Waals surface area contributed by atoms with Gasteiger partial charge in [-0.1, -0.05) is 0 Å². The fourth-order valence-electron chi connectivity index (χ4n) is 1.40. The number of halogens is 4. The summed E-state index contributed by atoms with van der Waals surface area (Å²) < 4.78 is 39.1. The summed E-state index contributed by atoms with van der Waals surface area (Å²) in [5, 5.41) is 2.78. The smallest absolute Gasteiger partial charge is 0.160 e. The SMILES string of the molecule is Nc1cc(F)c(Br)cc1Nc1ccc(F)c(F)c1. The van der Waals surface area contributed by atoms with Crippen LogP contribution in [0.2, 0.25) is 0 Å². The minimum absolute atomic E-state index is 0.167. The lowest BCUT2D eigenvalue weighted by atomic mass is 10.2. The zero-order chi connectivity index (χ0) is 13.3. The van der Waals surface area contributed by atoms with Gasteiger partial charge in [-0.15, -0.1) is 0 Å². The first-order valence-corrected chi connectivity index (χ1v) is 5.73. The van der Waals surface area contributed by atoms with Crippen LogP contribution in [0.25, 0.3) is 0 Å². The minimum atomic E-state index is -0.972. The van der Waals surface area contributed by atoms with E-state index in [9.17, 15) is 13.2 Å². The molecule has 2 nitrogen and oxygen atoms in total. The van der Waals surface area contributed by atoms with Crippen molar-refractivity contribution in [3.63, 3.8) is 0 Å². The highest BCUT2D eigenvalue weighted by Crippen LogP contribution is 2.29. The van der Waals surface area contributed by atoms with Gasteiger partial charge in [0.15, 0.2) is 11.6 Å². The molecule has 0 atom stereocenters. The molecule has 0 aromatic heterocycles. The Hall–Kier alpha value is -1.69. The van der Waals surface area contributed by atoms with Crippen molar-refractivity contribution in [2.45, 2.75) is 0 Å². The van der Waals surface area contributed by atoms with Crippen LogP contribution in [0.5, 0.6) is 0 Å². The highest BCUT2D eigenvalue weighted by molar-refractivity contribution is 9.10. The molecule has 3 N–H and O–H groups in total. The number of rotatable bonds is 2. The molecule has 2 aromatic carbocycles. The summed E-state index contributed by atoms with van der Waals surface area (Å²) in [6, 6.07) is 5.89. The minimum Gasteiger partial charge on any atom is -0.397 e. The normalized spacial score (nSPS) is 10.4. The van der Waals surface area contributed by atoms with E-state index in [1.165, 1.54) is 12.1 Å². The van der Waals surface area contributed by atoms with Gasteiger partial charge in [0.05, 0.1) is 15.8 Å². The van der Waals surface area contributed by atoms with Crippen LogP contribution in [0.4, 0.5) is 30.2 Å². The molecule has 0 saturated carbocycles. The molecule has 0 unspecified atom stereocenters. The Balaban J connectivity index is 2.34. The summed E-state index contributed by atoms with van der Waals surface area (Å²) in [5.41, 5.74) is 6.50. The van der Waals surface area contributed by atoms with Crippen molar-refractivity contribution in [2.24, 2.45) is 0 Å². The second-order valence-electron chi connectivity index (χ2n) is 3.61. The van der Waals surface area contributed by atoms with E-state index in [0.29, 0.717) is 11.4 Å². The average Bonchev–Trinajstić information content (AvgIpc) is 2.31. The van der Waals surface area contributed by atoms with Gasteiger partial charge < -0.3 is 11.1 Å². The van der Waals surface area contributed by atoms with E-state index in [-0.39, 0.29) is 10.2 Å². The van der Waals surface area contributed by atoms with Gasteiger partial charge in [0.1, 0.15) is 5.82 Å². The Labute approximate surface area is 110 Å². The van der Waals surface area contributed by atoms with E-state index >= 15 is 0 Å². The van der Waals surface area contributed by atoms with E-state index in [2.05, 4.69) is 21.2 Å². The van der Waals surface area contributed by atoms with E-state index in [4.69, 9.17) is 5.73 Å². The first-order chi connectivity index (χ1) is 8.47. The van der Waals surface area contributed by atoms with Crippen LogP contribution >= 0.6 is 15.9 Å². The van der Waals surface area contributed by atoms with Crippen molar-refractivity contribution in [1.82, 2.24) is 0 Å². The molecule has 0 saturated heterocycles. The largest absolute Gasteiger partial charge is 0.397 e. The van der Waals surface area contributed by atoms with Crippen LogP contribution in [-0.4, -0.2) is 0 Å². The monoisotopic (exact) mass is 316 g/mol. The maximum atomic E-state index is 13.2. The number of anilines is 3. The number of hydrogen-bond donors (Lipinski definition) is 2. The van der Waals surface area contributed by atoms with Gasteiger partial charge in [-0.05, 0) is 34.1 Å². The Kier molecular flexibility index (Phi) is 3.47. The van der Waals surface area contributed by atoms with Crippen LogP contribution in [0.15, 0.2) is 34.8 Å². The molecule has 2 aromatic rings. The van der Waals surface area contributed by atoms with Crippen molar-refractivity contribution < 1.29 is 13.2 Å². The Bertz CT molecular complexity index is 602. The van der Waals surface area contributed by atoms with Crippen LogP contribution in [0.3, 0.4) is 0 Å². The van der Waals surface area contributed by atoms with Gasteiger partial charge in [0.2, 0.25) is 0 Å². The second-order valence-corrected chi connectivity index (χ2v) is 4.46. The Morgan fingerprint density at radius 2 is 1.67 bits per heavy atom. The maximum absolute atomic E-state index is 13.2. The van der Waals surface area contributed by atoms with Gasteiger partial charge in [-0.25, -0.2) is 13.2 Å². The summed E-state index contributed by atoms with van der Waals surface area (Å²) in [6.07, 6.45) is 0. The predicted octanol–water partition coefficient (Wildman–Crippen LogP) is 4.19. The lowest BCUT2D eigenvalue weighted by molar-refractivity contribution is 0.509. The van der Waals surface area contributed by atoms with Crippen molar-refractivity contribution >= 4 is 33.0 Å². The first-order valence-electron chi connectivity index (χ1n) is 4.94. The molecule has 0 aliphatic carbocycles. The van der Waals surface area contributed by atoms with Gasteiger partial charge in [0, 0.05) is 17.8 Å². The quantitative estimate of drug-likeness (QED) is 0.815. The zero-order valence-corrected chi connectivity index (χ0v) is 10.6. The fourth-order valence-corrected chi connectivity index (χ4v) is 1.74. The standard InChI is InChI=1S/C12H8BrF3N2/c13-7-4-12(11(17)5-9(7)15)18-6-1-2-8(14)10(16)3-6/h1-5,18H,17H2. The van der Waals surface area contributed by atoms with Crippen molar-refractivity contribution in [1.29, 1.82) is 0 Å². The number of hydrogen-bond acceptors (Lipinski definition) is 2. The van der Waals surface area contributed by atoms with Gasteiger partial charge in [-0.2, -0.15) is 0 Å². The molecule has 0 bridgehead atoms. The molecule has 0 radical (unpaired) electrons. The summed E-state index contributed by atoms with van der Waals surface area (Å²) in [5.74, 6) is -2.41. The van der Waals surface area contributed by atoms with E-state index in [0.717, 1.165) is 18.2 Å². The molecule has 2 rings (SSSR count). The van der Waals surface area contributed by atoms with Crippen LogP contribution in [0, 0.1) is 17.5 Å². The third-order valence-electron chi connectivity index (χ3n) is 2.29. The molecule has 0 fully saturated rings. The molecule has 94 valence electrons. The summed E-state index contributed by atoms with van der Waals surface area (Å²) in [7, 11) is 0. The number of nitrogens with one attached hydrogen (secondary N) is 1. The Morgan fingerprint density at radius 1 is 0.944 bits per heavy atom. The van der Waals surface area contributed by atoms with Crippen LogP contribution in [-0.2, 0) is 0 Å². The summed E-state index contributed by atoms with van der Waals surface area (Å²) in [6.45, 7) is 0. The maximum Gasteiger partial charge on any atom is 0.160 e. The highest BCUT2D eigenvalue weighted by atomic mass is 79.9. The molecule has 0 heterocycles. The number of nitrogens with two attached hydrogens (primary N) is 1. The topological polar surface area (TPSA) is 38.0 Å². The van der Waals surface area contributed by atoms with Crippen molar-refractivity contribution in [3.8, 4) is 0 Å². The highest BCUT2D eigenvalue weighted by Gasteiger charge is 2.08. The molecule has 0 amide bonds. The third-order valence-corrected chi connectivity index (χ3v) is 2.90. The number of benzene rings is 2. The van der Waals surface area contributed by atoms with Gasteiger partial charge >= 0.3 is 0 Å². The lowest BCUT2D eigenvalue weighted by Crippen LogP contribution is -1.98. The van der Waals surface area contributed by atoms with E-state index in [1.54, 1.807) is 0 Å². The van der Waals surface area contributed by atoms with Crippen LogP contribution in [0.1, 0.15) is 0 Å². The van der Waals surface area contributed by atoms with E-state index < -0.39 is 17.5 Å². The van der Waals surface area contributed by atoms with Gasteiger partial charge in [-0.3, -0.25) is 0 Å². The fraction of sp³-hybridized carbons (Fsp3) is 0. The molecule has 6 heteroatoms. The Morgan fingerprint density at radius 3 is 2.33 bits per heavy atom. The first kappa shape index (κ1) is 12.8. The average molecular weight is 317 g/mol. The van der Waals surface area contributed by atoms with Crippen molar-refractivity contribution in [2.75, 3.05) is 11.1 Å². The zero-order valence-electron chi connectivity index (χ0n) is 8.98. The van der Waals surface area contributed by atoms with Crippen LogP contribution < -0.4 is 11.1 Å². The molecule has 0 spiro atoms.